The zero-order chi connectivity index (χ0) is 11.9. The second kappa shape index (κ2) is 4.18. The summed E-state index contributed by atoms with van der Waals surface area (Å²) in [5.74, 6) is -1.34. The van der Waals surface area contributed by atoms with Crippen LogP contribution in [0.1, 0.15) is 17.0 Å². The number of hydrogen-bond acceptors (Lipinski definition) is 2. The van der Waals surface area contributed by atoms with Gasteiger partial charge in [-0.05, 0) is 30.2 Å². The van der Waals surface area contributed by atoms with Crippen LogP contribution in [-0.2, 0) is 9.59 Å². The van der Waals surface area contributed by atoms with Gasteiger partial charge in [0.2, 0.25) is 11.8 Å². The molecule has 1 aliphatic heterocycles. The van der Waals surface area contributed by atoms with Crippen LogP contribution >= 0.6 is 27.5 Å². The molecular formula is C11H9BrClNO2. The molecule has 1 N–H and O–H groups in total. The number of carbonyl (C=O) groups excluding carboxylic acids is 2. The first-order chi connectivity index (χ1) is 7.50. The molecule has 0 aromatic heterocycles. The van der Waals surface area contributed by atoms with E-state index in [0.29, 0.717) is 0 Å². The molecule has 84 valence electrons. The third-order valence-corrected chi connectivity index (χ3v) is 3.59. The maximum absolute atomic E-state index is 11.6. The van der Waals surface area contributed by atoms with Gasteiger partial charge in [0.25, 0.3) is 0 Å². The second-order valence-electron chi connectivity index (χ2n) is 3.73. The van der Waals surface area contributed by atoms with Crippen molar-refractivity contribution in [1.29, 1.82) is 0 Å². The molecule has 0 saturated carbocycles. The summed E-state index contributed by atoms with van der Waals surface area (Å²) in [6, 6.07) is 5.60. The lowest BCUT2D eigenvalue weighted by molar-refractivity contribution is -0.125. The van der Waals surface area contributed by atoms with Crippen molar-refractivity contribution in [1.82, 2.24) is 5.32 Å². The smallest absolute Gasteiger partial charge is 0.245 e. The molecule has 5 heteroatoms. The molecule has 1 aliphatic rings. The van der Waals surface area contributed by atoms with Gasteiger partial charge >= 0.3 is 0 Å². The van der Waals surface area contributed by atoms with E-state index in [1.165, 1.54) is 0 Å². The van der Waals surface area contributed by atoms with E-state index in [2.05, 4.69) is 21.2 Å². The van der Waals surface area contributed by atoms with Crippen LogP contribution in [0.5, 0.6) is 0 Å². The van der Waals surface area contributed by atoms with Crippen LogP contribution in [0.3, 0.4) is 0 Å². The van der Waals surface area contributed by atoms with Gasteiger partial charge in [0.1, 0.15) is 5.38 Å². The number of nitrogens with one attached hydrogen (secondary N) is 1. The Kier molecular flexibility index (Phi) is 3.04. The number of carbonyl (C=O) groups is 2. The predicted molar refractivity (Wildman–Crippen MR) is 64.4 cm³/mol. The highest BCUT2D eigenvalue weighted by Crippen LogP contribution is 2.32. The number of hydrogen-bond donors (Lipinski definition) is 1. The summed E-state index contributed by atoms with van der Waals surface area (Å²) in [6.07, 6.45) is 0. The molecule has 1 fully saturated rings. The highest BCUT2D eigenvalue weighted by Gasteiger charge is 2.41. The van der Waals surface area contributed by atoms with Gasteiger partial charge in [-0.2, -0.15) is 0 Å². The fraction of sp³-hybridized carbons (Fsp3) is 0.273. The van der Waals surface area contributed by atoms with Crippen LogP contribution in [0.15, 0.2) is 22.7 Å². The normalized spacial score (nSPS) is 24.7. The molecule has 1 heterocycles. The summed E-state index contributed by atoms with van der Waals surface area (Å²) < 4.78 is 0.865. The molecule has 0 radical (unpaired) electrons. The molecule has 1 aromatic rings. The van der Waals surface area contributed by atoms with E-state index < -0.39 is 17.2 Å². The van der Waals surface area contributed by atoms with Gasteiger partial charge < -0.3 is 0 Å². The molecule has 1 saturated heterocycles. The molecule has 2 amide bonds. The highest BCUT2D eigenvalue weighted by atomic mass is 79.9. The lowest BCUT2D eigenvalue weighted by atomic mass is 9.93. The van der Waals surface area contributed by atoms with Crippen molar-refractivity contribution in [3.63, 3.8) is 0 Å². The molecule has 3 nitrogen and oxygen atoms in total. The van der Waals surface area contributed by atoms with Gasteiger partial charge in [-0.3, -0.25) is 14.9 Å². The van der Waals surface area contributed by atoms with Crippen LogP contribution in [-0.4, -0.2) is 17.2 Å². The van der Waals surface area contributed by atoms with E-state index in [0.717, 1.165) is 15.6 Å². The van der Waals surface area contributed by atoms with E-state index in [1.54, 1.807) is 0 Å². The number of benzene rings is 1. The number of imide groups is 1. The molecule has 1 aromatic carbocycles. The van der Waals surface area contributed by atoms with Crippen molar-refractivity contribution in [2.75, 3.05) is 0 Å². The van der Waals surface area contributed by atoms with Crippen LogP contribution in [0.4, 0.5) is 0 Å². The number of halogens is 2. The van der Waals surface area contributed by atoms with Gasteiger partial charge in [-0.25, -0.2) is 0 Å². The van der Waals surface area contributed by atoms with Gasteiger partial charge in [-0.15, -0.1) is 11.6 Å². The third kappa shape index (κ3) is 1.87. The van der Waals surface area contributed by atoms with Crippen molar-refractivity contribution >= 4 is 39.3 Å². The van der Waals surface area contributed by atoms with Gasteiger partial charge in [-0.1, -0.05) is 22.0 Å². The minimum atomic E-state index is -0.819. The Bertz CT molecular complexity index is 475. The summed E-state index contributed by atoms with van der Waals surface area (Å²) in [5, 5.41) is 1.42. The van der Waals surface area contributed by atoms with Crippen LogP contribution in [0.25, 0.3) is 0 Å². The Morgan fingerprint density at radius 2 is 2.00 bits per heavy atom. The van der Waals surface area contributed by atoms with Crippen molar-refractivity contribution in [2.45, 2.75) is 18.2 Å². The Morgan fingerprint density at radius 1 is 1.31 bits per heavy atom. The summed E-state index contributed by atoms with van der Waals surface area (Å²) in [6.45, 7) is 1.89. The topological polar surface area (TPSA) is 46.2 Å². The van der Waals surface area contributed by atoms with Crippen molar-refractivity contribution in [3.8, 4) is 0 Å². The second-order valence-corrected chi connectivity index (χ2v) is 5.12. The predicted octanol–water partition coefficient (Wildman–Crippen LogP) is 2.10. The van der Waals surface area contributed by atoms with E-state index in [9.17, 15) is 9.59 Å². The zero-order valence-electron chi connectivity index (χ0n) is 8.46. The first-order valence-corrected chi connectivity index (χ1v) is 5.98. The van der Waals surface area contributed by atoms with Gasteiger partial charge in [0, 0.05) is 4.47 Å². The Morgan fingerprint density at radius 3 is 2.56 bits per heavy atom. The monoisotopic (exact) mass is 301 g/mol. The molecule has 0 aliphatic carbocycles. The fourth-order valence-electron chi connectivity index (χ4n) is 1.80. The lowest BCUT2D eigenvalue weighted by Gasteiger charge is -2.13. The molecule has 2 unspecified atom stereocenters. The van der Waals surface area contributed by atoms with Crippen molar-refractivity contribution in [3.05, 3.63) is 33.8 Å². The maximum Gasteiger partial charge on any atom is 0.245 e. The first-order valence-electron chi connectivity index (χ1n) is 4.75. The third-order valence-electron chi connectivity index (χ3n) is 2.65. The Balaban J connectivity index is 2.48. The van der Waals surface area contributed by atoms with E-state index in [4.69, 9.17) is 11.6 Å². The van der Waals surface area contributed by atoms with Crippen molar-refractivity contribution < 1.29 is 9.59 Å². The summed E-state index contributed by atoms with van der Waals surface area (Å²) in [4.78, 5) is 22.9. The van der Waals surface area contributed by atoms with Crippen LogP contribution in [0, 0.1) is 6.92 Å². The molecule has 0 spiro atoms. The lowest BCUT2D eigenvalue weighted by Crippen LogP contribution is -2.22. The number of amides is 2. The van der Waals surface area contributed by atoms with E-state index >= 15 is 0 Å². The molecule has 0 bridgehead atoms. The fourth-order valence-corrected chi connectivity index (χ4v) is 2.48. The number of rotatable bonds is 1. The summed E-state index contributed by atoms with van der Waals surface area (Å²) >= 11 is 9.27. The molecule has 2 rings (SSSR count). The summed E-state index contributed by atoms with van der Waals surface area (Å²) in [7, 11) is 0. The minimum absolute atomic E-state index is 0.328. The van der Waals surface area contributed by atoms with Crippen LogP contribution < -0.4 is 5.32 Å². The Hall–Kier alpha value is -0.870. The average Bonchev–Trinajstić information content (AvgIpc) is 2.46. The van der Waals surface area contributed by atoms with E-state index in [-0.39, 0.29) is 5.91 Å². The molecular weight excluding hydrogens is 293 g/mol. The quantitative estimate of drug-likeness (QED) is 0.638. The summed E-state index contributed by atoms with van der Waals surface area (Å²) in [5.41, 5.74) is 1.74. The zero-order valence-corrected chi connectivity index (χ0v) is 10.8. The van der Waals surface area contributed by atoms with Crippen LogP contribution in [0.2, 0.25) is 0 Å². The number of aryl methyl sites for hydroxylation is 1. The Labute approximate surface area is 106 Å². The highest BCUT2D eigenvalue weighted by molar-refractivity contribution is 9.10. The van der Waals surface area contributed by atoms with E-state index in [1.807, 2.05) is 25.1 Å². The first kappa shape index (κ1) is 11.6. The SMILES string of the molecule is Cc1ccc(Br)cc1C1C(=O)NC(=O)C1Cl. The molecule has 2 atom stereocenters. The minimum Gasteiger partial charge on any atom is -0.295 e. The van der Waals surface area contributed by atoms with Crippen molar-refractivity contribution in [2.24, 2.45) is 0 Å². The standard InChI is InChI=1S/C11H9BrClNO2/c1-5-2-3-6(12)4-7(5)8-9(13)11(16)14-10(8)15/h2-4,8-9H,1H3,(H,14,15,16). The van der Waals surface area contributed by atoms with Gasteiger partial charge in [0.05, 0.1) is 5.92 Å². The largest absolute Gasteiger partial charge is 0.295 e. The average molecular weight is 303 g/mol. The molecule has 16 heavy (non-hydrogen) atoms. The van der Waals surface area contributed by atoms with Gasteiger partial charge in [0.15, 0.2) is 0 Å². The maximum atomic E-state index is 11.6. The number of alkyl halides is 1.